The van der Waals surface area contributed by atoms with Crippen molar-refractivity contribution < 1.29 is 9.21 Å². The number of aryl methyl sites for hydroxylation is 2. The number of aromatic amines is 1. The largest absolute Gasteiger partial charge is 0.451 e. The summed E-state index contributed by atoms with van der Waals surface area (Å²) in [6.45, 7) is 4.02. The van der Waals surface area contributed by atoms with E-state index in [0.29, 0.717) is 11.4 Å². The Kier molecular flexibility index (Phi) is 3.02. The normalized spacial score (nSPS) is 10.9. The minimum Gasteiger partial charge on any atom is -0.451 e. The van der Waals surface area contributed by atoms with E-state index in [1.54, 1.807) is 6.07 Å². The third-order valence-electron chi connectivity index (χ3n) is 3.15. The summed E-state index contributed by atoms with van der Waals surface area (Å²) < 4.78 is 5.54. The second-order valence-electron chi connectivity index (χ2n) is 4.74. The van der Waals surface area contributed by atoms with Crippen molar-refractivity contribution in [2.75, 3.05) is 5.32 Å². The number of aromatic nitrogens is 2. The van der Waals surface area contributed by atoms with Crippen LogP contribution < -0.4 is 5.32 Å². The van der Waals surface area contributed by atoms with Crippen molar-refractivity contribution >= 4 is 22.7 Å². The molecule has 1 amide bonds. The molecule has 0 aliphatic heterocycles. The summed E-state index contributed by atoms with van der Waals surface area (Å²) in [6, 6.07) is 9.36. The molecule has 0 atom stereocenters. The van der Waals surface area contributed by atoms with Crippen LogP contribution in [0.5, 0.6) is 0 Å². The Hall–Kier alpha value is -2.56. The molecule has 5 nitrogen and oxygen atoms in total. The van der Waals surface area contributed by atoms with Gasteiger partial charge < -0.3 is 9.73 Å². The van der Waals surface area contributed by atoms with E-state index in [9.17, 15) is 4.79 Å². The number of H-pyrrole nitrogens is 1. The van der Waals surface area contributed by atoms with Crippen LogP contribution in [-0.4, -0.2) is 16.1 Å². The molecule has 0 fully saturated rings. The first-order chi connectivity index (χ1) is 9.65. The zero-order chi connectivity index (χ0) is 14.1. The van der Waals surface area contributed by atoms with Crippen molar-refractivity contribution in [3.05, 3.63) is 47.3 Å². The van der Waals surface area contributed by atoms with Gasteiger partial charge in [-0.05, 0) is 31.5 Å². The van der Waals surface area contributed by atoms with Crippen molar-refractivity contribution in [3.63, 3.8) is 0 Å². The van der Waals surface area contributed by atoms with Gasteiger partial charge in [0.2, 0.25) is 0 Å². The summed E-state index contributed by atoms with van der Waals surface area (Å²) in [5, 5.41) is 10.5. The average molecular weight is 269 g/mol. The number of anilines is 1. The van der Waals surface area contributed by atoms with Crippen molar-refractivity contribution in [1.82, 2.24) is 10.2 Å². The highest BCUT2D eigenvalue weighted by atomic mass is 16.3. The maximum absolute atomic E-state index is 12.1. The molecule has 0 saturated heterocycles. The minimum atomic E-state index is -0.298. The number of rotatable bonds is 3. The highest BCUT2D eigenvalue weighted by Gasteiger charge is 2.13. The molecule has 3 aromatic rings. The number of hydrogen-bond donors (Lipinski definition) is 2. The number of benzene rings is 1. The van der Waals surface area contributed by atoms with Gasteiger partial charge in [-0.25, -0.2) is 0 Å². The lowest BCUT2D eigenvalue weighted by Gasteiger charge is -1.96. The molecular weight excluding hydrogens is 254 g/mol. The van der Waals surface area contributed by atoms with Gasteiger partial charge in [-0.15, -0.1) is 0 Å². The van der Waals surface area contributed by atoms with Crippen molar-refractivity contribution in [1.29, 1.82) is 0 Å². The highest BCUT2D eigenvalue weighted by Crippen LogP contribution is 2.21. The Balaban J connectivity index is 1.84. The van der Waals surface area contributed by atoms with Crippen LogP contribution in [0.25, 0.3) is 11.0 Å². The van der Waals surface area contributed by atoms with Gasteiger partial charge in [0.05, 0.1) is 0 Å². The third-order valence-corrected chi connectivity index (χ3v) is 3.15. The van der Waals surface area contributed by atoms with Crippen molar-refractivity contribution in [2.24, 2.45) is 0 Å². The molecule has 3 rings (SSSR count). The second kappa shape index (κ2) is 4.85. The minimum absolute atomic E-state index is 0.284. The van der Waals surface area contributed by atoms with Crippen LogP contribution in [-0.2, 0) is 6.42 Å². The Bertz CT molecular complexity index is 770. The fourth-order valence-corrected chi connectivity index (χ4v) is 2.06. The van der Waals surface area contributed by atoms with Gasteiger partial charge in [-0.2, -0.15) is 5.10 Å². The Morgan fingerprint density at radius 2 is 2.20 bits per heavy atom. The first-order valence-corrected chi connectivity index (χ1v) is 6.51. The van der Waals surface area contributed by atoms with E-state index < -0.39 is 0 Å². The van der Waals surface area contributed by atoms with E-state index in [2.05, 4.69) is 15.5 Å². The molecule has 2 N–H and O–H groups in total. The highest BCUT2D eigenvalue weighted by molar-refractivity contribution is 6.04. The molecule has 102 valence electrons. The molecule has 0 aliphatic carbocycles. The number of nitrogens with zero attached hydrogens (tertiary/aromatic N) is 1. The summed E-state index contributed by atoms with van der Waals surface area (Å²) in [5.41, 5.74) is 2.81. The summed E-state index contributed by atoms with van der Waals surface area (Å²) in [7, 11) is 0. The lowest BCUT2D eigenvalue weighted by atomic mass is 10.2. The molecule has 5 heteroatoms. The predicted octanol–water partition coefficient (Wildman–Crippen LogP) is 3.28. The van der Waals surface area contributed by atoms with E-state index in [-0.39, 0.29) is 11.7 Å². The molecule has 0 bridgehead atoms. The van der Waals surface area contributed by atoms with E-state index >= 15 is 0 Å². The maximum atomic E-state index is 12.1. The van der Waals surface area contributed by atoms with Crippen LogP contribution in [0.2, 0.25) is 0 Å². The fourth-order valence-electron chi connectivity index (χ4n) is 2.06. The molecule has 0 saturated carbocycles. The maximum Gasteiger partial charge on any atom is 0.292 e. The first-order valence-electron chi connectivity index (χ1n) is 6.51. The molecule has 0 radical (unpaired) electrons. The summed E-state index contributed by atoms with van der Waals surface area (Å²) in [5.74, 6) is 0.489. The molecule has 2 heterocycles. The molecule has 0 unspecified atom stereocenters. The van der Waals surface area contributed by atoms with E-state index in [0.717, 1.165) is 23.1 Å². The summed E-state index contributed by atoms with van der Waals surface area (Å²) in [4.78, 5) is 12.1. The second-order valence-corrected chi connectivity index (χ2v) is 4.74. The molecule has 1 aromatic carbocycles. The zero-order valence-electron chi connectivity index (χ0n) is 11.4. The number of carbonyl (C=O) groups is 1. The fraction of sp³-hybridized carbons (Fsp3) is 0.200. The monoisotopic (exact) mass is 269 g/mol. The third kappa shape index (κ3) is 2.30. The smallest absolute Gasteiger partial charge is 0.292 e. The standard InChI is InChI=1S/C15H15N3O2/c1-3-11-8-14(18-17-11)16-15(19)13-7-10-6-9(2)4-5-12(10)20-13/h4-8H,3H2,1-2H3,(H2,16,17,18,19). The van der Waals surface area contributed by atoms with Crippen LogP contribution in [0, 0.1) is 6.92 Å². The van der Waals surface area contributed by atoms with E-state index in [4.69, 9.17) is 4.42 Å². The molecule has 0 spiro atoms. The number of carbonyl (C=O) groups excluding carboxylic acids is 1. The molecule has 20 heavy (non-hydrogen) atoms. The van der Waals surface area contributed by atoms with Crippen LogP contribution in [0.4, 0.5) is 5.82 Å². The Labute approximate surface area is 116 Å². The predicted molar refractivity (Wildman–Crippen MR) is 76.9 cm³/mol. The Morgan fingerprint density at radius 3 is 2.95 bits per heavy atom. The van der Waals surface area contributed by atoms with Gasteiger partial charge in [0.1, 0.15) is 5.58 Å². The van der Waals surface area contributed by atoms with Gasteiger partial charge in [0, 0.05) is 17.1 Å². The number of amides is 1. The van der Waals surface area contributed by atoms with E-state index in [1.807, 2.05) is 38.1 Å². The average Bonchev–Trinajstić information content (AvgIpc) is 3.04. The number of nitrogens with one attached hydrogen (secondary N) is 2. The summed E-state index contributed by atoms with van der Waals surface area (Å²) >= 11 is 0. The number of hydrogen-bond acceptors (Lipinski definition) is 3. The molecular formula is C15H15N3O2. The molecule has 2 aromatic heterocycles. The van der Waals surface area contributed by atoms with Gasteiger partial charge >= 0.3 is 0 Å². The van der Waals surface area contributed by atoms with Crippen LogP contribution in [0.15, 0.2) is 34.7 Å². The number of fused-ring (bicyclic) bond motifs is 1. The van der Waals surface area contributed by atoms with Gasteiger partial charge in [-0.3, -0.25) is 9.89 Å². The summed E-state index contributed by atoms with van der Waals surface area (Å²) in [6.07, 6.45) is 0.840. The lowest BCUT2D eigenvalue weighted by Crippen LogP contribution is -2.10. The van der Waals surface area contributed by atoms with Crippen molar-refractivity contribution in [3.8, 4) is 0 Å². The van der Waals surface area contributed by atoms with Gasteiger partial charge in [-0.1, -0.05) is 18.6 Å². The SMILES string of the molecule is CCc1cc(NC(=O)c2cc3cc(C)ccc3o2)n[nH]1. The van der Waals surface area contributed by atoms with Gasteiger partial charge in [0.25, 0.3) is 5.91 Å². The van der Waals surface area contributed by atoms with Gasteiger partial charge in [0.15, 0.2) is 11.6 Å². The van der Waals surface area contributed by atoms with Crippen LogP contribution >= 0.6 is 0 Å². The van der Waals surface area contributed by atoms with Crippen molar-refractivity contribution in [2.45, 2.75) is 20.3 Å². The first kappa shape index (κ1) is 12.5. The zero-order valence-corrected chi connectivity index (χ0v) is 11.4. The van der Waals surface area contributed by atoms with E-state index in [1.165, 1.54) is 0 Å². The number of furan rings is 1. The quantitative estimate of drug-likeness (QED) is 0.766. The lowest BCUT2D eigenvalue weighted by molar-refractivity contribution is 0.0998. The van der Waals surface area contributed by atoms with Crippen LogP contribution in [0.1, 0.15) is 28.7 Å². The van der Waals surface area contributed by atoms with Crippen LogP contribution in [0.3, 0.4) is 0 Å². The molecule has 0 aliphatic rings. The topological polar surface area (TPSA) is 70.9 Å². The Morgan fingerprint density at radius 1 is 1.35 bits per heavy atom.